The van der Waals surface area contributed by atoms with Crippen molar-refractivity contribution >= 4 is 15.8 Å². The van der Waals surface area contributed by atoms with E-state index in [1.165, 1.54) is 10.9 Å². The quantitative estimate of drug-likeness (QED) is 0.913. The molecule has 2 rings (SSSR count). The number of aromatic nitrogens is 2. The molecule has 6 nitrogen and oxygen atoms in total. The smallest absolute Gasteiger partial charge is 0.234 e. The minimum Gasteiger partial charge on any atom is -0.266 e. The summed E-state index contributed by atoms with van der Waals surface area (Å²) in [4.78, 5) is 0. The van der Waals surface area contributed by atoms with E-state index in [2.05, 4.69) is 9.82 Å². The van der Waals surface area contributed by atoms with Crippen LogP contribution in [0.2, 0.25) is 0 Å². The molecule has 21 heavy (non-hydrogen) atoms. The third kappa shape index (κ3) is 3.61. The number of nitriles is 1. The highest BCUT2D eigenvalue weighted by Gasteiger charge is 2.20. The van der Waals surface area contributed by atoms with Crippen LogP contribution in [0.5, 0.6) is 0 Å². The summed E-state index contributed by atoms with van der Waals surface area (Å²) in [6, 6.07) is 11.3. The van der Waals surface area contributed by atoms with Crippen molar-refractivity contribution in [3.05, 3.63) is 47.7 Å². The standard InChI is InChI=1S/C14H16N4O2S/c1-11(12-6-4-3-5-7-12)10-21(19,20)17-14-13(8-15)9-16-18(14)2/h3-7,9,11,17H,10H2,1-2H3. The van der Waals surface area contributed by atoms with Crippen LogP contribution in [0.15, 0.2) is 36.5 Å². The van der Waals surface area contributed by atoms with Gasteiger partial charge in [0.25, 0.3) is 0 Å². The van der Waals surface area contributed by atoms with E-state index in [0.29, 0.717) is 0 Å². The number of anilines is 1. The third-order valence-corrected chi connectivity index (χ3v) is 4.59. The van der Waals surface area contributed by atoms with E-state index in [4.69, 9.17) is 5.26 Å². The highest BCUT2D eigenvalue weighted by molar-refractivity contribution is 7.92. The molecule has 7 heteroatoms. The van der Waals surface area contributed by atoms with Gasteiger partial charge in [-0.25, -0.2) is 8.42 Å². The zero-order valence-electron chi connectivity index (χ0n) is 11.8. The molecule has 0 aliphatic heterocycles. The maximum Gasteiger partial charge on any atom is 0.234 e. The first-order valence-corrected chi connectivity index (χ1v) is 8.05. The van der Waals surface area contributed by atoms with Gasteiger partial charge in [-0.2, -0.15) is 10.4 Å². The topological polar surface area (TPSA) is 87.8 Å². The Kier molecular flexibility index (Phi) is 4.29. The van der Waals surface area contributed by atoms with Gasteiger partial charge in [-0.05, 0) is 11.5 Å². The second-order valence-electron chi connectivity index (χ2n) is 4.84. The Labute approximate surface area is 124 Å². The SMILES string of the molecule is CC(CS(=O)(=O)Nc1c(C#N)cnn1C)c1ccccc1. The van der Waals surface area contributed by atoms with E-state index in [9.17, 15) is 8.42 Å². The van der Waals surface area contributed by atoms with Crippen molar-refractivity contribution in [2.75, 3.05) is 10.5 Å². The van der Waals surface area contributed by atoms with Crippen molar-refractivity contribution in [1.29, 1.82) is 5.26 Å². The average molecular weight is 304 g/mol. The number of rotatable bonds is 5. The van der Waals surface area contributed by atoms with Crippen molar-refractivity contribution in [2.45, 2.75) is 12.8 Å². The molecule has 1 aromatic carbocycles. The lowest BCUT2D eigenvalue weighted by Crippen LogP contribution is -2.22. The van der Waals surface area contributed by atoms with Gasteiger partial charge in [-0.3, -0.25) is 9.40 Å². The summed E-state index contributed by atoms with van der Waals surface area (Å²) in [5.74, 6) is -0.0206. The molecule has 0 saturated heterocycles. The minimum atomic E-state index is -3.57. The summed E-state index contributed by atoms with van der Waals surface area (Å²) in [6.07, 6.45) is 1.33. The lowest BCUT2D eigenvalue weighted by atomic mass is 10.0. The summed E-state index contributed by atoms with van der Waals surface area (Å²) in [7, 11) is -1.99. The molecule has 0 fully saturated rings. The van der Waals surface area contributed by atoms with E-state index in [0.717, 1.165) is 5.56 Å². The van der Waals surface area contributed by atoms with E-state index in [-0.39, 0.29) is 23.1 Å². The first-order valence-electron chi connectivity index (χ1n) is 6.40. The highest BCUT2D eigenvalue weighted by atomic mass is 32.2. The Hall–Kier alpha value is -2.33. The lowest BCUT2D eigenvalue weighted by Gasteiger charge is -2.14. The van der Waals surface area contributed by atoms with Gasteiger partial charge in [0.1, 0.15) is 11.6 Å². The maximum atomic E-state index is 12.2. The number of benzene rings is 1. The van der Waals surface area contributed by atoms with E-state index >= 15 is 0 Å². The molecule has 1 heterocycles. The van der Waals surface area contributed by atoms with Crippen LogP contribution in [0.4, 0.5) is 5.82 Å². The normalized spacial score (nSPS) is 12.6. The van der Waals surface area contributed by atoms with Crippen molar-refractivity contribution in [2.24, 2.45) is 7.05 Å². The zero-order chi connectivity index (χ0) is 15.5. The van der Waals surface area contributed by atoms with Gasteiger partial charge >= 0.3 is 0 Å². The Morgan fingerprint density at radius 2 is 2.05 bits per heavy atom. The second kappa shape index (κ2) is 5.97. The van der Waals surface area contributed by atoms with Crippen molar-refractivity contribution in [3.8, 4) is 6.07 Å². The molecule has 2 aromatic rings. The fraction of sp³-hybridized carbons (Fsp3) is 0.286. The van der Waals surface area contributed by atoms with Crippen LogP contribution in [-0.2, 0) is 17.1 Å². The Bertz CT molecular complexity index is 760. The molecule has 1 aromatic heterocycles. The van der Waals surface area contributed by atoms with Crippen LogP contribution >= 0.6 is 0 Å². The molecule has 1 unspecified atom stereocenters. The van der Waals surface area contributed by atoms with Gasteiger partial charge in [0.15, 0.2) is 5.82 Å². The molecular formula is C14H16N4O2S. The van der Waals surface area contributed by atoms with Crippen LogP contribution in [0.25, 0.3) is 0 Å². The van der Waals surface area contributed by atoms with Crippen molar-refractivity contribution in [1.82, 2.24) is 9.78 Å². The summed E-state index contributed by atoms with van der Waals surface area (Å²) < 4.78 is 28.3. The van der Waals surface area contributed by atoms with Crippen LogP contribution in [0.1, 0.15) is 24.0 Å². The van der Waals surface area contributed by atoms with Crippen molar-refractivity contribution in [3.63, 3.8) is 0 Å². The molecule has 0 bridgehead atoms. The predicted molar refractivity (Wildman–Crippen MR) is 80.2 cm³/mol. The lowest BCUT2D eigenvalue weighted by molar-refractivity contribution is 0.594. The van der Waals surface area contributed by atoms with Crippen LogP contribution in [0.3, 0.4) is 0 Å². The van der Waals surface area contributed by atoms with Crippen molar-refractivity contribution < 1.29 is 8.42 Å². The first kappa shape index (κ1) is 15.1. The van der Waals surface area contributed by atoms with E-state index in [1.807, 2.05) is 43.3 Å². The Morgan fingerprint density at radius 3 is 2.67 bits per heavy atom. The molecule has 0 aliphatic rings. The van der Waals surface area contributed by atoms with Gasteiger partial charge in [-0.1, -0.05) is 37.3 Å². The van der Waals surface area contributed by atoms with Crippen LogP contribution in [-0.4, -0.2) is 24.0 Å². The summed E-state index contributed by atoms with van der Waals surface area (Å²) in [5.41, 5.74) is 1.15. The molecule has 0 spiro atoms. The molecular weight excluding hydrogens is 288 g/mol. The summed E-state index contributed by atoms with van der Waals surface area (Å²) >= 11 is 0. The molecule has 0 aliphatic carbocycles. The van der Waals surface area contributed by atoms with E-state index in [1.54, 1.807) is 7.05 Å². The molecule has 0 radical (unpaired) electrons. The Balaban J connectivity index is 2.16. The predicted octanol–water partition coefficient (Wildman–Crippen LogP) is 1.84. The van der Waals surface area contributed by atoms with Gasteiger partial charge in [0.05, 0.1) is 11.9 Å². The number of sulfonamides is 1. The maximum absolute atomic E-state index is 12.2. The molecule has 0 saturated carbocycles. The van der Waals surface area contributed by atoms with Crippen LogP contribution < -0.4 is 4.72 Å². The highest BCUT2D eigenvalue weighted by Crippen LogP contribution is 2.20. The summed E-state index contributed by atoms with van der Waals surface area (Å²) in [6.45, 7) is 1.85. The molecule has 1 atom stereocenters. The number of nitrogens with one attached hydrogen (secondary N) is 1. The number of hydrogen-bond donors (Lipinski definition) is 1. The van der Waals surface area contributed by atoms with Gasteiger partial charge in [0, 0.05) is 7.05 Å². The van der Waals surface area contributed by atoms with Crippen LogP contribution in [0, 0.1) is 11.3 Å². The van der Waals surface area contributed by atoms with Gasteiger partial charge < -0.3 is 0 Å². The van der Waals surface area contributed by atoms with Gasteiger partial charge in [0.2, 0.25) is 10.0 Å². The fourth-order valence-electron chi connectivity index (χ4n) is 2.04. The largest absolute Gasteiger partial charge is 0.266 e. The first-order chi connectivity index (χ1) is 9.93. The molecule has 110 valence electrons. The monoisotopic (exact) mass is 304 g/mol. The molecule has 1 N–H and O–H groups in total. The third-order valence-electron chi connectivity index (χ3n) is 3.15. The average Bonchev–Trinajstić information content (AvgIpc) is 2.79. The van der Waals surface area contributed by atoms with E-state index < -0.39 is 10.0 Å². The molecule has 0 amide bonds. The number of aryl methyl sites for hydroxylation is 1. The summed E-state index contributed by atoms with van der Waals surface area (Å²) in [5, 5.41) is 12.8. The number of hydrogen-bond acceptors (Lipinski definition) is 4. The minimum absolute atomic E-state index is 0.0624. The van der Waals surface area contributed by atoms with Gasteiger partial charge in [-0.15, -0.1) is 0 Å². The zero-order valence-corrected chi connectivity index (χ0v) is 12.6. The fourth-order valence-corrected chi connectivity index (χ4v) is 3.51. The number of nitrogens with zero attached hydrogens (tertiary/aromatic N) is 3. The Morgan fingerprint density at radius 1 is 1.38 bits per heavy atom. The second-order valence-corrected chi connectivity index (χ2v) is 6.60.